The molecule has 2 aromatic rings. The Hall–Kier alpha value is -2.66. The van der Waals surface area contributed by atoms with Crippen LogP contribution >= 0.6 is 0 Å². The summed E-state index contributed by atoms with van der Waals surface area (Å²) in [5.41, 5.74) is 3.27. The minimum absolute atomic E-state index is 0.0821. The first-order chi connectivity index (χ1) is 13.6. The van der Waals surface area contributed by atoms with Crippen molar-refractivity contribution in [1.82, 2.24) is 5.32 Å². The lowest BCUT2D eigenvalue weighted by molar-refractivity contribution is -0.119. The molecule has 1 aliphatic carbocycles. The quantitative estimate of drug-likeness (QED) is 0.671. The molecule has 0 aromatic heterocycles. The monoisotopic (exact) mass is 380 g/mol. The second-order valence-corrected chi connectivity index (χ2v) is 7.19. The van der Waals surface area contributed by atoms with Gasteiger partial charge in [0.25, 0.3) is 5.91 Å². The van der Waals surface area contributed by atoms with Crippen molar-refractivity contribution < 1.29 is 14.3 Å². The fraction of sp³-hybridized carbons (Fsp3) is 0.391. The maximum atomic E-state index is 12.8. The van der Waals surface area contributed by atoms with E-state index in [0.717, 1.165) is 37.0 Å². The van der Waals surface area contributed by atoms with Crippen molar-refractivity contribution in [2.45, 2.75) is 39.3 Å². The largest absolute Gasteiger partial charge is 0.377 e. The number of rotatable bonds is 9. The number of hydrogen-bond acceptors (Lipinski definition) is 3. The lowest BCUT2D eigenvalue weighted by atomic mass is 10.1. The van der Waals surface area contributed by atoms with E-state index in [1.54, 1.807) is 18.0 Å². The van der Waals surface area contributed by atoms with Gasteiger partial charge in [-0.3, -0.25) is 9.59 Å². The summed E-state index contributed by atoms with van der Waals surface area (Å²) in [6, 6.07) is 15.2. The van der Waals surface area contributed by atoms with Crippen LogP contribution < -0.4 is 10.2 Å². The molecule has 5 nitrogen and oxygen atoms in total. The van der Waals surface area contributed by atoms with Gasteiger partial charge in [0.05, 0.1) is 17.9 Å². The van der Waals surface area contributed by atoms with E-state index < -0.39 is 0 Å². The van der Waals surface area contributed by atoms with Gasteiger partial charge < -0.3 is 15.0 Å². The van der Waals surface area contributed by atoms with Crippen LogP contribution in [-0.4, -0.2) is 25.5 Å². The summed E-state index contributed by atoms with van der Waals surface area (Å²) in [4.78, 5) is 26.9. The average Bonchev–Trinajstić information content (AvgIpc) is 3.57. The number of hydrogen-bond donors (Lipinski definition) is 1. The first-order valence-electron chi connectivity index (χ1n) is 9.91. The first kappa shape index (κ1) is 20.1. The Balaban J connectivity index is 1.68. The third-order valence-corrected chi connectivity index (χ3v) is 4.93. The minimum atomic E-state index is -0.185. The highest BCUT2D eigenvalue weighted by molar-refractivity contribution is 6.05. The number of para-hydroxylation sites is 1. The van der Waals surface area contributed by atoms with Crippen LogP contribution in [0.4, 0.5) is 5.69 Å². The summed E-state index contributed by atoms with van der Waals surface area (Å²) in [5, 5.41) is 2.99. The number of benzene rings is 2. The molecule has 148 valence electrons. The summed E-state index contributed by atoms with van der Waals surface area (Å²) >= 11 is 0. The number of carbonyl (C=O) groups excluding carboxylic acids is 2. The summed E-state index contributed by atoms with van der Waals surface area (Å²) in [5.74, 6) is 0.00473. The van der Waals surface area contributed by atoms with Gasteiger partial charge in [-0.1, -0.05) is 43.3 Å². The maximum absolute atomic E-state index is 12.8. The number of amides is 2. The molecule has 1 fully saturated rings. The van der Waals surface area contributed by atoms with Crippen molar-refractivity contribution in [1.29, 1.82) is 0 Å². The van der Waals surface area contributed by atoms with Crippen molar-refractivity contribution in [2.24, 2.45) is 5.92 Å². The Morgan fingerprint density at radius 2 is 1.75 bits per heavy atom. The van der Waals surface area contributed by atoms with E-state index in [1.807, 2.05) is 42.5 Å². The number of carbonyl (C=O) groups is 2. The summed E-state index contributed by atoms with van der Waals surface area (Å²) in [6.07, 6.45) is 2.85. The predicted molar refractivity (Wildman–Crippen MR) is 110 cm³/mol. The third-order valence-electron chi connectivity index (χ3n) is 4.93. The van der Waals surface area contributed by atoms with Gasteiger partial charge in [0, 0.05) is 26.1 Å². The Morgan fingerprint density at radius 1 is 1.07 bits per heavy atom. The normalized spacial score (nSPS) is 13.2. The zero-order valence-corrected chi connectivity index (χ0v) is 16.6. The number of anilines is 1. The summed E-state index contributed by atoms with van der Waals surface area (Å²) in [6.45, 7) is 3.75. The van der Waals surface area contributed by atoms with Crippen LogP contribution in [0, 0.1) is 5.92 Å². The molecule has 0 radical (unpaired) electrons. The molecule has 0 spiro atoms. The standard InChI is InChI=1S/C23H28N2O3/c1-3-14-28-16-19-9-5-4-8-18(19)15-24-22(26)20-10-6-7-11-21(20)25(2)23(27)17-12-13-17/h4-11,17H,3,12-16H2,1-2H3,(H,24,26). The minimum Gasteiger partial charge on any atom is -0.377 e. The van der Waals surface area contributed by atoms with Crippen molar-refractivity contribution in [2.75, 3.05) is 18.6 Å². The molecular formula is C23H28N2O3. The molecule has 0 atom stereocenters. The van der Waals surface area contributed by atoms with Crippen molar-refractivity contribution >= 4 is 17.5 Å². The molecule has 1 N–H and O–H groups in total. The molecule has 2 aromatic carbocycles. The molecule has 0 saturated heterocycles. The molecule has 0 unspecified atom stereocenters. The van der Waals surface area contributed by atoms with E-state index in [9.17, 15) is 9.59 Å². The average molecular weight is 380 g/mol. The zero-order chi connectivity index (χ0) is 19.9. The van der Waals surface area contributed by atoms with E-state index >= 15 is 0 Å². The van der Waals surface area contributed by atoms with Crippen LogP contribution in [0.25, 0.3) is 0 Å². The van der Waals surface area contributed by atoms with Gasteiger partial charge in [-0.05, 0) is 42.5 Å². The van der Waals surface area contributed by atoms with Gasteiger partial charge >= 0.3 is 0 Å². The van der Waals surface area contributed by atoms with E-state index in [-0.39, 0.29) is 17.7 Å². The highest BCUT2D eigenvalue weighted by Crippen LogP contribution is 2.33. The first-order valence-corrected chi connectivity index (χ1v) is 9.91. The smallest absolute Gasteiger partial charge is 0.253 e. The Morgan fingerprint density at radius 3 is 2.46 bits per heavy atom. The van der Waals surface area contributed by atoms with E-state index in [4.69, 9.17) is 4.74 Å². The Bertz CT molecular complexity index is 830. The van der Waals surface area contributed by atoms with Gasteiger partial charge in [-0.15, -0.1) is 0 Å². The third kappa shape index (κ3) is 4.98. The number of nitrogens with one attached hydrogen (secondary N) is 1. The van der Waals surface area contributed by atoms with Gasteiger partial charge in [-0.2, -0.15) is 0 Å². The SMILES string of the molecule is CCCOCc1ccccc1CNC(=O)c1ccccc1N(C)C(=O)C1CC1. The van der Waals surface area contributed by atoms with Crippen LogP contribution in [0.5, 0.6) is 0 Å². The molecule has 0 heterocycles. The molecular weight excluding hydrogens is 352 g/mol. The van der Waals surface area contributed by atoms with E-state index in [0.29, 0.717) is 24.4 Å². The zero-order valence-electron chi connectivity index (χ0n) is 16.6. The van der Waals surface area contributed by atoms with E-state index in [2.05, 4.69) is 12.2 Å². The van der Waals surface area contributed by atoms with Crippen molar-refractivity contribution in [3.8, 4) is 0 Å². The lowest BCUT2D eigenvalue weighted by Gasteiger charge is -2.20. The van der Waals surface area contributed by atoms with Gasteiger partial charge in [0.2, 0.25) is 5.91 Å². The molecule has 1 saturated carbocycles. The molecule has 0 aliphatic heterocycles. The molecule has 0 bridgehead atoms. The highest BCUT2D eigenvalue weighted by Gasteiger charge is 2.33. The second-order valence-electron chi connectivity index (χ2n) is 7.19. The Kier molecular flexibility index (Phi) is 6.82. The van der Waals surface area contributed by atoms with Crippen molar-refractivity contribution in [3.63, 3.8) is 0 Å². The van der Waals surface area contributed by atoms with Crippen LogP contribution in [0.3, 0.4) is 0 Å². The van der Waals surface area contributed by atoms with Crippen LogP contribution in [-0.2, 0) is 22.7 Å². The molecule has 5 heteroatoms. The fourth-order valence-corrected chi connectivity index (χ4v) is 3.15. The molecule has 3 rings (SSSR count). The van der Waals surface area contributed by atoms with Crippen LogP contribution in [0.15, 0.2) is 48.5 Å². The number of nitrogens with zero attached hydrogens (tertiary/aromatic N) is 1. The van der Waals surface area contributed by atoms with E-state index in [1.165, 1.54) is 0 Å². The highest BCUT2D eigenvalue weighted by atomic mass is 16.5. The van der Waals surface area contributed by atoms with Gasteiger partial charge in [0.15, 0.2) is 0 Å². The summed E-state index contributed by atoms with van der Waals surface area (Å²) < 4.78 is 5.65. The topological polar surface area (TPSA) is 58.6 Å². The second kappa shape index (κ2) is 9.51. The molecule has 1 aliphatic rings. The molecule has 28 heavy (non-hydrogen) atoms. The summed E-state index contributed by atoms with van der Waals surface area (Å²) in [7, 11) is 1.74. The van der Waals surface area contributed by atoms with Crippen LogP contribution in [0.1, 0.15) is 47.7 Å². The van der Waals surface area contributed by atoms with Gasteiger partial charge in [0.1, 0.15) is 0 Å². The van der Waals surface area contributed by atoms with Crippen molar-refractivity contribution in [3.05, 3.63) is 65.2 Å². The lowest BCUT2D eigenvalue weighted by Crippen LogP contribution is -2.31. The number of ether oxygens (including phenoxy) is 1. The molecule has 2 amide bonds. The van der Waals surface area contributed by atoms with Crippen LogP contribution in [0.2, 0.25) is 0 Å². The maximum Gasteiger partial charge on any atom is 0.253 e. The van der Waals surface area contributed by atoms with Gasteiger partial charge in [-0.25, -0.2) is 0 Å². The Labute approximate surface area is 166 Å². The predicted octanol–water partition coefficient (Wildman–Crippen LogP) is 3.92. The fourth-order valence-electron chi connectivity index (χ4n) is 3.15.